The van der Waals surface area contributed by atoms with E-state index in [9.17, 15) is 4.79 Å². The van der Waals surface area contributed by atoms with Crippen LogP contribution in [0.3, 0.4) is 0 Å². The molecule has 0 saturated carbocycles. The number of piperidine rings is 1. The summed E-state index contributed by atoms with van der Waals surface area (Å²) in [7, 11) is 0. The Morgan fingerprint density at radius 2 is 2.16 bits per heavy atom. The Morgan fingerprint density at radius 3 is 2.74 bits per heavy atom. The Hall–Kier alpha value is -1.08. The molecule has 4 heteroatoms. The predicted octanol–water partition coefficient (Wildman–Crippen LogP) is 2.49. The molecule has 0 radical (unpaired) electrons. The SMILES string of the molecule is CC1(C#N)CCN(C(=O)CCC2CCCCO2)CC1. The number of rotatable bonds is 3. The van der Waals surface area contributed by atoms with Crippen LogP contribution in [0.5, 0.6) is 0 Å². The topological polar surface area (TPSA) is 53.3 Å². The molecule has 0 aromatic rings. The molecule has 2 heterocycles. The van der Waals surface area contributed by atoms with E-state index in [1.165, 1.54) is 6.42 Å². The zero-order valence-corrected chi connectivity index (χ0v) is 11.9. The molecule has 4 nitrogen and oxygen atoms in total. The highest BCUT2D eigenvalue weighted by Gasteiger charge is 2.31. The lowest BCUT2D eigenvalue weighted by molar-refractivity contribution is -0.134. The molecule has 2 aliphatic rings. The van der Waals surface area contributed by atoms with E-state index in [-0.39, 0.29) is 17.4 Å². The lowest BCUT2D eigenvalue weighted by atomic mass is 9.82. The number of carbonyl (C=O) groups is 1. The van der Waals surface area contributed by atoms with E-state index in [0.29, 0.717) is 6.42 Å². The van der Waals surface area contributed by atoms with Crippen LogP contribution in [0, 0.1) is 16.7 Å². The minimum Gasteiger partial charge on any atom is -0.378 e. The average Bonchev–Trinajstić information content (AvgIpc) is 2.47. The number of carbonyl (C=O) groups excluding carboxylic acids is 1. The second-order valence-electron chi connectivity index (χ2n) is 6.08. The number of nitrogens with zero attached hydrogens (tertiary/aromatic N) is 2. The number of hydrogen-bond acceptors (Lipinski definition) is 3. The summed E-state index contributed by atoms with van der Waals surface area (Å²) < 4.78 is 5.65. The Morgan fingerprint density at radius 1 is 1.42 bits per heavy atom. The van der Waals surface area contributed by atoms with Crippen molar-refractivity contribution in [1.29, 1.82) is 5.26 Å². The molecule has 0 spiro atoms. The molecule has 106 valence electrons. The van der Waals surface area contributed by atoms with Gasteiger partial charge in [-0.15, -0.1) is 0 Å². The molecule has 0 aromatic carbocycles. The summed E-state index contributed by atoms with van der Waals surface area (Å²) in [6.07, 6.45) is 6.81. The third kappa shape index (κ3) is 3.94. The van der Waals surface area contributed by atoms with Crippen LogP contribution in [0.1, 0.15) is 51.9 Å². The summed E-state index contributed by atoms with van der Waals surface area (Å²) in [4.78, 5) is 14.0. The third-order valence-corrected chi connectivity index (χ3v) is 4.44. The largest absolute Gasteiger partial charge is 0.378 e. The summed E-state index contributed by atoms with van der Waals surface area (Å²) in [5.41, 5.74) is -0.233. The quantitative estimate of drug-likeness (QED) is 0.787. The van der Waals surface area contributed by atoms with Crippen molar-refractivity contribution in [3.05, 3.63) is 0 Å². The van der Waals surface area contributed by atoms with Gasteiger partial charge in [0.2, 0.25) is 5.91 Å². The molecule has 1 unspecified atom stereocenters. The van der Waals surface area contributed by atoms with Crippen LogP contribution < -0.4 is 0 Å². The van der Waals surface area contributed by atoms with Crippen molar-refractivity contribution in [2.45, 2.75) is 58.0 Å². The summed E-state index contributed by atoms with van der Waals surface area (Å²) in [5.74, 6) is 0.231. The summed E-state index contributed by atoms with van der Waals surface area (Å²) in [6.45, 7) is 4.30. The van der Waals surface area contributed by atoms with Crippen LogP contribution in [0.4, 0.5) is 0 Å². The highest BCUT2D eigenvalue weighted by molar-refractivity contribution is 5.76. The molecule has 19 heavy (non-hydrogen) atoms. The third-order valence-electron chi connectivity index (χ3n) is 4.44. The van der Waals surface area contributed by atoms with Gasteiger partial charge in [-0.25, -0.2) is 0 Å². The second kappa shape index (κ2) is 6.38. The molecule has 2 rings (SSSR count). The summed E-state index contributed by atoms with van der Waals surface area (Å²) >= 11 is 0. The van der Waals surface area contributed by atoms with Crippen molar-refractivity contribution in [2.75, 3.05) is 19.7 Å². The van der Waals surface area contributed by atoms with Gasteiger partial charge in [-0.3, -0.25) is 4.79 Å². The van der Waals surface area contributed by atoms with E-state index in [1.807, 2.05) is 11.8 Å². The maximum atomic E-state index is 12.1. The van der Waals surface area contributed by atoms with Gasteiger partial charge in [-0.05, 0) is 45.4 Å². The van der Waals surface area contributed by atoms with Crippen LogP contribution in [-0.2, 0) is 9.53 Å². The van der Waals surface area contributed by atoms with Crippen molar-refractivity contribution in [3.63, 3.8) is 0 Å². The molecule has 2 aliphatic heterocycles. The van der Waals surface area contributed by atoms with Crippen LogP contribution in [0.15, 0.2) is 0 Å². The van der Waals surface area contributed by atoms with Crippen LogP contribution in [-0.4, -0.2) is 36.6 Å². The zero-order chi connectivity index (χ0) is 13.7. The maximum Gasteiger partial charge on any atom is 0.222 e. The molecule has 0 aromatic heterocycles. The lowest BCUT2D eigenvalue weighted by Crippen LogP contribution is -2.41. The highest BCUT2D eigenvalue weighted by Crippen LogP contribution is 2.30. The smallest absolute Gasteiger partial charge is 0.222 e. The van der Waals surface area contributed by atoms with E-state index >= 15 is 0 Å². The van der Waals surface area contributed by atoms with Gasteiger partial charge in [-0.2, -0.15) is 5.26 Å². The fraction of sp³-hybridized carbons (Fsp3) is 0.867. The first-order valence-corrected chi connectivity index (χ1v) is 7.44. The van der Waals surface area contributed by atoms with Gasteiger partial charge in [0, 0.05) is 26.1 Å². The molecule has 1 amide bonds. The number of amides is 1. The van der Waals surface area contributed by atoms with E-state index in [0.717, 1.165) is 51.8 Å². The van der Waals surface area contributed by atoms with Gasteiger partial charge < -0.3 is 9.64 Å². The van der Waals surface area contributed by atoms with E-state index in [2.05, 4.69) is 6.07 Å². The van der Waals surface area contributed by atoms with E-state index < -0.39 is 0 Å². The molecular weight excluding hydrogens is 240 g/mol. The predicted molar refractivity (Wildman–Crippen MR) is 72.4 cm³/mol. The zero-order valence-electron chi connectivity index (χ0n) is 11.9. The fourth-order valence-corrected chi connectivity index (χ4v) is 2.84. The van der Waals surface area contributed by atoms with Crippen LogP contribution in [0.2, 0.25) is 0 Å². The van der Waals surface area contributed by atoms with Crippen LogP contribution in [0.25, 0.3) is 0 Å². The normalized spacial score (nSPS) is 26.7. The average molecular weight is 264 g/mol. The molecule has 1 atom stereocenters. The van der Waals surface area contributed by atoms with Gasteiger partial charge in [0.1, 0.15) is 0 Å². The number of likely N-dealkylation sites (tertiary alicyclic amines) is 1. The van der Waals surface area contributed by atoms with Crippen molar-refractivity contribution in [3.8, 4) is 6.07 Å². The first-order valence-electron chi connectivity index (χ1n) is 7.44. The first kappa shape index (κ1) is 14.3. The summed E-state index contributed by atoms with van der Waals surface area (Å²) in [6, 6.07) is 2.37. The van der Waals surface area contributed by atoms with Crippen molar-refractivity contribution in [2.24, 2.45) is 5.41 Å². The van der Waals surface area contributed by atoms with Crippen molar-refractivity contribution < 1.29 is 9.53 Å². The number of ether oxygens (including phenoxy) is 1. The summed E-state index contributed by atoms with van der Waals surface area (Å²) in [5, 5.41) is 9.08. The monoisotopic (exact) mass is 264 g/mol. The van der Waals surface area contributed by atoms with Gasteiger partial charge in [0.15, 0.2) is 0 Å². The molecule has 2 saturated heterocycles. The Balaban J connectivity index is 1.71. The number of nitriles is 1. The maximum absolute atomic E-state index is 12.1. The fourth-order valence-electron chi connectivity index (χ4n) is 2.84. The van der Waals surface area contributed by atoms with Gasteiger partial charge in [-0.1, -0.05) is 0 Å². The molecule has 0 N–H and O–H groups in total. The minimum atomic E-state index is -0.233. The van der Waals surface area contributed by atoms with Crippen molar-refractivity contribution in [1.82, 2.24) is 4.90 Å². The van der Waals surface area contributed by atoms with E-state index in [1.54, 1.807) is 0 Å². The molecule has 0 bridgehead atoms. The first-order chi connectivity index (χ1) is 9.13. The minimum absolute atomic E-state index is 0.231. The Bertz CT molecular complexity index is 348. The Labute approximate surface area is 115 Å². The highest BCUT2D eigenvalue weighted by atomic mass is 16.5. The second-order valence-corrected chi connectivity index (χ2v) is 6.08. The molecular formula is C15H24N2O2. The molecule has 0 aliphatic carbocycles. The Kier molecular flexibility index (Phi) is 4.81. The van der Waals surface area contributed by atoms with Gasteiger partial charge in [0.25, 0.3) is 0 Å². The van der Waals surface area contributed by atoms with Crippen LogP contribution >= 0.6 is 0 Å². The standard InChI is InChI=1S/C15H24N2O2/c1-15(12-16)7-9-17(10-8-15)14(18)6-5-13-4-2-3-11-19-13/h13H,2-11H2,1H3. The van der Waals surface area contributed by atoms with Gasteiger partial charge >= 0.3 is 0 Å². The van der Waals surface area contributed by atoms with Crippen molar-refractivity contribution >= 4 is 5.91 Å². The van der Waals surface area contributed by atoms with Gasteiger partial charge in [0.05, 0.1) is 17.6 Å². The van der Waals surface area contributed by atoms with E-state index in [4.69, 9.17) is 10.00 Å². The number of hydrogen-bond donors (Lipinski definition) is 0. The molecule has 2 fully saturated rings. The lowest BCUT2D eigenvalue weighted by Gasteiger charge is -2.35.